The van der Waals surface area contributed by atoms with E-state index in [9.17, 15) is 4.79 Å². The van der Waals surface area contributed by atoms with Gasteiger partial charge >= 0.3 is 0 Å². The predicted molar refractivity (Wildman–Crippen MR) is 76.8 cm³/mol. The third kappa shape index (κ3) is 3.07. The van der Waals surface area contributed by atoms with Crippen LogP contribution in [0.5, 0.6) is 0 Å². The second-order valence-corrected chi connectivity index (χ2v) is 6.40. The fourth-order valence-corrected chi connectivity index (χ4v) is 3.98. The van der Waals surface area contributed by atoms with Crippen LogP contribution in [-0.2, 0) is 4.74 Å². The van der Waals surface area contributed by atoms with Gasteiger partial charge in [0.1, 0.15) is 0 Å². The largest absolute Gasteiger partial charge is 0.375 e. The summed E-state index contributed by atoms with van der Waals surface area (Å²) in [5.41, 5.74) is 0. The molecular weight excluding hydrogens is 258 g/mol. The first-order valence-corrected chi connectivity index (χ1v) is 8.15. The van der Waals surface area contributed by atoms with E-state index in [4.69, 9.17) is 4.74 Å². The molecule has 2 heterocycles. The van der Waals surface area contributed by atoms with Gasteiger partial charge in [-0.15, -0.1) is 11.3 Å². The summed E-state index contributed by atoms with van der Waals surface area (Å²) in [5.74, 6) is 0.297. The molecule has 104 valence electrons. The lowest BCUT2D eigenvalue weighted by molar-refractivity contribution is -0.0556. The quantitative estimate of drug-likeness (QED) is 0.776. The molecule has 0 amide bonds. The van der Waals surface area contributed by atoms with Crippen molar-refractivity contribution in [2.24, 2.45) is 0 Å². The van der Waals surface area contributed by atoms with Crippen molar-refractivity contribution in [3.8, 4) is 0 Å². The number of ether oxygens (including phenoxy) is 1. The van der Waals surface area contributed by atoms with E-state index in [0.717, 1.165) is 31.0 Å². The lowest BCUT2D eigenvalue weighted by atomic mass is 10.1. The van der Waals surface area contributed by atoms with E-state index >= 15 is 0 Å². The highest BCUT2D eigenvalue weighted by atomic mass is 32.1. The summed E-state index contributed by atoms with van der Waals surface area (Å²) in [6.07, 6.45) is 5.88. The fraction of sp³-hybridized carbons (Fsp3) is 0.667. The number of hydrogen-bond acceptors (Lipinski definition) is 4. The number of rotatable bonds is 5. The molecule has 2 fully saturated rings. The molecule has 2 unspecified atom stereocenters. The van der Waals surface area contributed by atoms with Gasteiger partial charge in [0.2, 0.25) is 0 Å². The molecule has 4 heteroatoms. The number of hydrogen-bond donors (Lipinski definition) is 0. The van der Waals surface area contributed by atoms with Crippen LogP contribution < -0.4 is 0 Å². The van der Waals surface area contributed by atoms with Crippen molar-refractivity contribution >= 4 is 17.1 Å². The predicted octanol–water partition coefficient (Wildman–Crippen LogP) is 2.96. The van der Waals surface area contributed by atoms with Gasteiger partial charge in [-0.2, -0.15) is 0 Å². The maximum absolute atomic E-state index is 11.9. The molecule has 1 aromatic rings. The average molecular weight is 279 g/mol. The first-order valence-electron chi connectivity index (χ1n) is 7.27. The van der Waals surface area contributed by atoms with Crippen molar-refractivity contribution in [2.75, 3.05) is 19.7 Å². The van der Waals surface area contributed by atoms with Crippen LogP contribution in [0.25, 0.3) is 0 Å². The average Bonchev–Trinajstić information content (AvgIpc) is 3.10. The van der Waals surface area contributed by atoms with E-state index in [-0.39, 0.29) is 0 Å². The summed E-state index contributed by atoms with van der Waals surface area (Å²) in [6, 6.07) is 4.49. The highest BCUT2D eigenvalue weighted by Gasteiger charge is 2.35. The Kier molecular flexibility index (Phi) is 4.31. The zero-order chi connectivity index (χ0) is 13.1. The Morgan fingerprint density at radius 1 is 1.47 bits per heavy atom. The Hall–Kier alpha value is -0.710. The van der Waals surface area contributed by atoms with Gasteiger partial charge in [-0.1, -0.05) is 6.07 Å². The van der Waals surface area contributed by atoms with Crippen LogP contribution >= 0.6 is 11.3 Å². The van der Waals surface area contributed by atoms with Gasteiger partial charge in [0.15, 0.2) is 5.78 Å². The molecule has 1 aromatic heterocycles. The van der Waals surface area contributed by atoms with Crippen molar-refractivity contribution in [3.63, 3.8) is 0 Å². The summed E-state index contributed by atoms with van der Waals surface area (Å²) in [6.45, 7) is 2.94. The third-order valence-corrected chi connectivity index (χ3v) is 5.15. The Labute approximate surface area is 118 Å². The standard InChI is InChI=1S/C15H21NO2S/c17-13(15-7-3-11-19-15)5-2-8-16-9-10-18-14-6-1-4-12(14)16/h3,7,11-12,14H,1-2,4-6,8-10H2. The van der Waals surface area contributed by atoms with Crippen LogP contribution in [-0.4, -0.2) is 42.5 Å². The topological polar surface area (TPSA) is 29.5 Å². The van der Waals surface area contributed by atoms with Gasteiger partial charge in [-0.3, -0.25) is 9.69 Å². The van der Waals surface area contributed by atoms with E-state index in [1.54, 1.807) is 11.3 Å². The molecule has 19 heavy (non-hydrogen) atoms. The molecule has 0 radical (unpaired) electrons. The number of fused-ring (bicyclic) bond motifs is 1. The van der Waals surface area contributed by atoms with E-state index in [0.29, 0.717) is 24.3 Å². The van der Waals surface area contributed by atoms with Crippen LogP contribution in [0, 0.1) is 0 Å². The molecule has 3 nitrogen and oxygen atoms in total. The monoisotopic (exact) mass is 279 g/mol. The molecule has 0 N–H and O–H groups in total. The minimum Gasteiger partial charge on any atom is -0.375 e. The van der Waals surface area contributed by atoms with Crippen molar-refractivity contribution in [2.45, 2.75) is 44.2 Å². The Balaban J connectivity index is 1.45. The highest BCUT2D eigenvalue weighted by molar-refractivity contribution is 7.12. The number of carbonyl (C=O) groups is 1. The van der Waals surface area contributed by atoms with E-state index < -0.39 is 0 Å². The molecular formula is C15H21NO2S. The SMILES string of the molecule is O=C(CCCN1CCOC2CCCC21)c1cccs1. The second kappa shape index (κ2) is 6.16. The van der Waals surface area contributed by atoms with Gasteiger partial charge in [-0.25, -0.2) is 0 Å². The molecule has 0 spiro atoms. The maximum Gasteiger partial charge on any atom is 0.172 e. The van der Waals surface area contributed by atoms with Gasteiger partial charge in [-0.05, 0) is 43.7 Å². The van der Waals surface area contributed by atoms with Gasteiger partial charge in [0, 0.05) is 19.0 Å². The van der Waals surface area contributed by atoms with Crippen LogP contribution in [0.15, 0.2) is 17.5 Å². The smallest absolute Gasteiger partial charge is 0.172 e. The second-order valence-electron chi connectivity index (χ2n) is 5.45. The molecule has 1 aliphatic carbocycles. The van der Waals surface area contributed by atoms with E-state index in [1.807, 2.05) is 17.5 Å². The van der Waals surface area contributed by atoms with E-state index in [2.05, 4.69) is 4.90 Å². The Bertz CT molecular complexity index is 418. The number of Topliss-reactive ketones (excluding diaryl/α,β-unsaturated/α-hetero) is 1. The highest BCUT2D eigenvalue weighted by Crippen LogP contribution is 2.29. The van der Waals surface area contributed by atoms with Crippen molar-refractivity contribution in [1.82, 2.24) is 4.90 Å². The summed E-state index contributed by atoms with van der Waals surface area (Å²) in [5, 5.41) is 1.97. The summed E-state index contributed by atoms with van der Waals surface area (Å²) < 4.78 is 5.81. The number of nitrogens with zero attached hydrogens (tertiary/aromatic N) is 1. The Morgan fingerprint density at radius 3 is 3.26 bits per heavy atom. The molecule has 3 rings (SSSR count). The molecule has 1 aliphatic heterocycles. The van der Waals surface area contributed by atoms with Gasteiger partial charge in [0.25, 0.3) is 0 Å². The zero-order valence-corrected chi connectivity index (χ0v) is 12.0. The molecule has 0 bridgehead atoms. The lowest BCUT2D eigenvalue weighted by Gasteiger charge is -2.37. The lowest BCUT2D eigenvalue weighted by Crippen LogP contribution is -2.48. The van der Waals surface area contributed by atoms with Crippen LogP contribution in [0.2, 0.25) is 0 Å². The molecule has 2 atom stereocenters. The summed E-state index contributed by atoms with van der Waals surface area (Å²) in [4.78, 5) is 15.4. The molecule has 0 aromatic carbocycles. The van der Waals surface area contributed by atoms with Crippen molar-refractivity contribution in [3.05, 3.63) is 22.4 Å². The zero-order valence-electron chi connectivity index (χ0n) is 11.2. The fourth-order valence-electron chi connectivity index (χ4n) is 3.29. The summed E-state index contributed by atoms with van der Waals surface area (Å²) >= 11 is 1.55. The molecule has 1 saturated carbocycles. The molecule has 2 aliphatic rings. The first kappa shape index (κ1) is 13.3. The maximum atomic E-state index is 11.9. The minimum atomic E-state index is 0.297. The van der Waals surface area contributed by atoms with Crippen molar-refractivity contribution in [1.29, 1.82) is 0 Å². The molecule has 1 saturated heterocycles. The number of ketones is 1. The normalized spacial score (nSPS) is 27.4. The number of morpholine rings is 1. The van der Waals surface area contributed by atoms with Crippen LogP contribution in [0.3, 0.4) is 0 Å². The first-order chi connectivity index (χ1) is 9.34. The Morgan fingerprint density at radius 2 is 2.42 bits per heavy atom. The van der Waals surface area contributed by atoms with Gasteiger partial charge in [0.05, 0.1) is 17.6 Å². The third-order valence-electron chi connectivity index (χ3n) is 4.24. The van der Waals surface area contributed by atoms with Crippen molar-refractivity contribution < 1.29 is 9.53 Å². The summed E-state index contributed by atoms with van der Waals surface area (Å²) in [7, 11) is 0. The van der Waals surface area contributed by atoms with Crippen LogP contribution in [0.1, 0.15) is 41.8 Å². The van der Waals surface area contributed by atoms with Gasteiger partial charge < -0.3 is 4.74 Å². The number of carbonyl (C=O) groups excluding carboxylic acids is 1. The van der Waals surface area contributed by atoms with Crippen LogP contribution in [0.4, 0.5) is 0 Å². The number of thiophene rings is 1. The minimum absolute atomic E-state index is 0.297. The van der Waals surface area contributed by atoms with E-state index in [1.165, 1.54) is 19.3 Å².